The van der Waals surface area contributed by atoms with Gasteiger partial charge in [-0.1, -0.05) is 77.0 Å². The van der Waals surface area contributed by atoms with Crippen LogP contribution in [-0.2, 0) is 0 Å². The SMILES string of the molecule is [N-]=[N+]=[C-]P(N(C1CCCCC1)C1CCCCC1)N(C1CCCCC1)C1CCCCC1. The molecule has 0 bridgehead atoms. The Labute approximate surface area is 186 Å². The summed E-state index contributed by atoms with van der Waals surface area (Å²) in [5.41, 5.74) is 9.80. The molecule has 0 aliphatic heterocycles. The molecule has 0 radical (unpaired) electrons. The van der Waals surface area contributed by atoms with Gasteiger partial charge in [-0.3, -0.25) is 9.34 Å². The van der Waals surface area contributed by atoms with Crippen molar-refractivity contribution in [2.45, 2.75) is 153 Å². The minimum atomic E-state index is -0.779. The van der Waals surface area contributed by atoms with Gasteiger partial charge in [-0.15, -0.1) is 0 Å². The standard InChI is InChI=1S/C25H44N4P/c26-27-21-30(28(22-13-5-1-6-14-22)23-15-7-2-8-16-23)29(24-17-9-3-10-18-24)25-19-11-4-12-20-25/h22-25H,1-20H2/q-1. The molecule has 30 heavy (non-hydrogen) atoms. The molecule has 0 aromatic rings. The lowest BCUT2D eigenvalue weighted by Gasteiger charge is -2.55. The molecule has 4 rings (SSSR count). The normalized spacial score (nSPS) is 26.4. The lowest BCUT2D eigenvalue weighted by atomic mass is 9.90. The van der Waals surface area contributed by atoms with Crippen LogP contribution in [0.3, 0.4) is 0 Å². The quantitative estimate of drug-likeness (QED) is 0.139. The van der Waals surface area contributed by atoms with E-state index in [9.17, 15) is 5.53 Å². The van der Waals surface area contributed by atoms with Gasteiger partial charge in [0.1, 0.15) is 0 Å². The molecule has 0 spiro atoms. The maximum Gasteiger partial charge on any atom is 0.0127 e. The smallest absolute Gasteiger partial charge is 0.0127 e. The van der Waals surface area contributed by atoms with Crippen molar-refractivity contribution in [3.05, 3.63) is 5.53 Å². The number of hydrogen-bond acceptors (Lipinski definition) is 2. The van der Waals surface area contributed by atoms with Gasteiger partial charge in [-0.05, 0) is 65.5 Å². The largest absolute Gasteiger partial charge is 0.407 e. The minimum absolute atomic E-state index is 0.678. The van der Waals surface area contributed by atoms with Gasteiger partial charge in [-0.25, -0.2) is 0 Å². The maximum atomic E-state index is 9.80. The van der Waals surface area contributed by atoms with Crippen LogP contribution in [0.4, 0.5) is 0 Å². The molecule has 170 valence electrons. The lowest BCUT2D eigenvalue weighted by Crippen LogP contribution is -2.50. The zero-order valence-corrected chi connectivity index (χ0v) is 20.1. The summed E-state index contributed by atoms with van der Waals surface area (Å²) < 4.78 is 5.83. The Hall–Kier alpha value is -0.270. The van der Waals surface area contributed by atoms with Crippen molar-refractivity contribution >= 4 is 14.2 Å². The highest BCUT2D eigenvalue weighted by Gasteiger charge is 2.39. The van der Waals surface area contributed by atoms with Crippen LogP contribution in [-0.4, -0.2) is 44.3 Å². The fourth-order valence-corrected chi connectivity index (χ4v) is 9.55. The average molecular weight is 432 g/mol. The molecule has 4 nitrogen and oxygen atoms in total. The molecular weight excluding hydrogens is 387 g/mol. The zero-order valence-electron chi connectivity index (χ0n) is 19.2. The van der Waals surface area contributed by atoms with Gasteiger partial charge in [0.15, 0.2) is 0 Å². The van der Waals surface area contributed by atoms with Crippen LogP contribution in [0.25, 0.3) is 5.53 Å². The van der Waals surface area contributed by atoms with Crippen molar-refractivity contribution in [1.29, 1.82) is 0 Å². The monoisotopic (exact) mass is 431 g/mol. The Kier molecular flexibility index (Phi) is 9.24. The average Bonchev–Trinajstić information content (AvgIpc) is 2.82. The second-order valence-corrected chi connectivity index (χ2v) is 12.1. The first-order valence-electron chi connectivity index (χ1n) is 13.3. The second kappa shape index (κ2) is 12.1. The Balaban J connectivity index is 1.66. The number of hydrogen-bond donors (Lipinski definition) is 0. The van der Waals surface area contributed by atoms with E-state index in [0.29, 0.717) is 24.2 Å². The van der Waals surface area contributed by atoms with Crippen LogP contribution < -0.4 is 0 Å². The summed E-state index contributed by atoms with van der Waals surface area (Å²) in [5.74, 6) is 3.37. The van der Waals surface area contributed by atoms with Crippen molar-refractivity contribution in [2.24, 2.45) is 0 Å². The molecule has 0 aromatic carbocycles. The van der Waals surface area contributed by atoms with E-state index in [1.165, 1.54) is 128 Å². The molecule has 0 N–H and O–H groups in total. The summed E-state index contributed by atoms with van der Waals surface area (Å²) in [4.78, 5) is 3.65. The topological polar surface area (TPSA) is 42.9 Å². The predicted octanol–water partition coefficient (Wildman–Crippen LogP) is 7.37. The van der Waals surface area contributed by atoms with Crippen molar-refractivity contribution < 1.29 is 4.79 Å². The molecule has 0 atom stereocenters. The molecule has 0 aromatic heterocycles. The first-order chi connectivity index (χ1) is 14.9. The van der Waals surface area contributed by atoms with Gasteiger partial charge < -0.3 is 10.3 Å². The highest BCUT2D eigenvalue weighted by Crippen LogP contribution is 2.54. The summed E-state index contributed by atoms with van der Waals surface area (Å²) >= 11 is 0. The Morgan fingerprint density at radius 3 is 1.00 bits per heavy atom. The molecule has 0 unspecified atom stereocenters. The number of rotatable bonds is 7. The van der Waals surface area contributed by atoms with Crippen LogP contribution >= 0.6 is 8.22 Å². The third-order valence-electron chi connectivity index (χ3n) is 8.37. The Bertz CT molecular complexity index is 463. The van der Waals surface area contributed by atoms with Crippen molar-refractivity contribution in [3.63, 3.8) is 0 Å². The zero-order chi connectivity index (χ0) is 20.6. The van der Waals surface area contributed by atoms with E-state index < -0.39 is 8.22 Å². The van der Waals surface area contributed by atoms with Crippen LogP contribution in [0.5, 0.6) is 0 Å². The summed E-state index contributed by atoms with van der Waals surface area (Å²) in [6, 6.07) is 2.71. The molecule has 0 amide bonds. The minimum Gasteiger partial charge on any atom is -0.407 e. The first-order valence-corrected chi connectivity index (χ1v) is 14.6. The molecule has 4 aliphatic carbocycles. The molecule has 4 fully saturated rings. The van der Waals surface area contributed by atoms with Gasteiger partial charge in [0.2, 0.25) is 0 Å². The fourth-order valence-electron chi connectivity index (χ4n) is 6.86. The number of nitrogens with zero attached hydrogens (tertiary/aromatic N) is 4. The van der Waals surface area contributed by atoms with Gasteiger partial charge >= 0.3 is 0 Å². The lowest BCUT2D eigenvalue weighted by molar-refractivity contribution is 0.00580. The highest BCUT2D eigenvalue weighted by molar-refractivity contribution is 7.68. The molecular formula is C25H44N4P-. The molecule has 0 saturated heterocycles. The highest BCUT2D eigenvalue weighted by atomic mass is 31.1. The van der Waals surface area contributed by atoms with E-state index in [4.69, 9.17) is 0 Å². The molecule has 5 heteroatoms. The summed E-state index contributed by atoms with van der Waals surface area (Å²) in [5, 5.41) is 0. The Morgan fingerprint density at radius 2 is 0.767 bits per heavy atom. The molecule has 4 aliphatic rings. The Morgan fingerprint density at radius 1 is 0.500 bits per heavy atom. The van der Waals surface area contributed by atoms with Crippen LogP contribution in [0.2, 0.25) is 0 Å². The van der Waals surface area contributed by atoms with E-state index in [-0.39, 0.29) is 0 Å². The van der Waals surface area contributed by atoms with E-state index in [2.05, 4.69) is 20.1 Å². The van der Waals surface area contributed by atoms with E-state index in [0.717, 1.165) is 0 Å². The second-order valence-electron chi connectivity index (χ2n) is 10.4. The summed E-state index contributed by atoms with van der Waals surface area (Å²) in [6.07, 6.45) is 27.3. The van der Waals surface area contributed by atoms with Crippen molar-refractivity contribution in [1.82, 2.24) is 9.34 Å². The van der Waals surface area contributed by atoms with Crippen LogP contribution in [0.1, 0.15) is 128 Å². The van der Waals surface area contributed by atoms with Gasteiger partial charge in [0.05, 0.1) is 0 Å². The van der Waals surface area contributed by atoms with Crippen molar-refractivity contribution in [2.75, 3.05) is 0 Å². The fraction of sp³-hybridized carbons (Fsp3) is 0.960. The first kappa shape index (κ1) is 22.9. The van der Waals surface area contributed by atoms with Crippen LogP contribution in [0, 0.1) is 0 Å². The van der Waals surface area contributed by atoms with Crippen LogP contribution in [0.15, 0.2) is 0 Å². The third kappa shape index (κ3) is 5.74. The van der Waals surface area contributed by atoms with E-state index >= 15 is 0 Å². The van der Waals surface area contributed by atoms with Crippen molar-refractivity contribution in [3.8, 4) is 0 Å². The van der Waals surface area contributed by atoms with E-state index in [1.807, 2.05) is 0 Å². The summed E-state index contributed by atoms with van der Waals surface area (Å²) in [6.45, 7) is 0. The van der Waals surface area contributed by atoms with E-state index in [1.54, 1.807) is 0 Å². The third-order valence-corrected chi connectivity index (χ3v) is 10.8. The van der Waals surface area contributed by atoms with Gasteiger partial charge in [0, 0.05) is 24.2 Å². The van der Waals surface area contributed by atoms with Gasteiger partial charge in [0.25, 0.3) is 0 Å². The van der Waals surface area contributed by atoms with Gasteiger partial charge in [-0.2, -0.15) is 0 Å². The molecule has 0 heterocycles. The maximum absolute atomic E-state index is 9.80. The summed E-state index contributed by atoms with van der Waals surface area (Å²) in [7, 11) is -0.779. The predicted molar refractivity (Wildman–Crippen MR) is 127 cm³/mol. The molecule has 4 saturated carbocycles.